The Morgan fingerprint density at radius 1 is 1.03 bits per heavy atom. The smallest absolute Gasteiger partial charge is 0.253 e. The first-order valence-electron chi connectivity index (χ1n) is 10.9. The van der Waals surface area contributed by atoms with Gasteiger partial charge >= 0.3 is 0 Å². The van der Waals surface area contributed by atoms with E-state index in [0.717, 1.165) is 25.9 Å². The second-order valence-electron chi connectivity index (χ2n) is 7.40. The van der Waals surface area contributed by atoms with Crippen LogP contribution in [-0.2, 0) is 4.79 Å². The second-order valence-corrected chi connectivity index (χ2v) is 8.65. The Labute approximate surface area is 210 Å². The van der Waals surface area contributed by atoms with Crippen LogP contribution in [0.25, 0.3) is 0 Å². The number of hydrogen-bond donors (Lipinski definition) is 2. The van der Waals surface area contributed by atoms with E-state index in [2.05, 4.69) is 24.5 Å². The molecule has 2 rings (SSSR count). The fraction of sp³-hybridized carbons (Fsp3) is 0.375. The van der Waals surface area contributed by atoms with Crippen molar-refractivity contribution >= 4 is 58.0 Å². The molecular formula is C24H29Cl2N3O3S. The normalized spacial score (nSPS) is 10.4. The van der Waals surface area contributed by atoms with Crippen molar-refractivity contribution < 1.29 is 14.3 Å². The minimum atomic E-state index is -0.222. The summed E-state index contributed by atoms with van der Waals surface area (Å²) in [5.41, 5.74) is 1.31. The molecule has 2 aromatic rings. The van der Waals surface area contributed by atoms with E-state index in [-0.39, 0.29) is 23.3 Å². The molecule has 0 aliphatic heterocycles. The number of ether oxygens (including phenoxy) is 1. The highest BCUT2D eigenvalue weighted by atomic mass is 35.5. The van der Waals surface area contributed by atoms with Gasteiger partial charge in [-0.2, -0.15) is 0 Å². The Balaban J connectivity index is 1.75. The summed E-state index contributed by atoms with van der Waals surface area (Å²) >= 11 is 17.1. The van der Waals surface area contributed by atoms with E-state index in [4.69, 9.17) is 40.2 Å². The zero-order chi connectivity index (χ0) is 24.2. The number of nitrogens with one attached hydrogen (secondary N) is 2. The molecule has 6 nitrogen and oxygen atoms in total. The minimum Gasteiger partial charge on any atom is -0.492 e. The molecule has 2 N–H and O–H groups in total. The monoisotopic (exact) mass is 509 g/mol. The largest absolute Gasteiger partial charge is 0.492 e. The number of carbonyl (C=O) groups excluding carboxylic acids is 2. The fourth-order valence-electron chi connectivity index (χ4n) is 3.09. The first-order valence-corrected chi connectivity index (χ1v) is 12.1. The molecule has 0 fully saturated rings. The van der Waals surface area contributed by atoms with Gasteiger partial charge in [0, 0.05) is 35.8 Å². The average molecular weight is 510 g/mol. The summed E-state index contributed by atoms with van der Waals surface area (Å²) in [6, 6.07) is 12.0. The van der Waals surface area contributed by atoms with E-state index < -0.39 is 0 Å². The van der Waals surface area contributed by atoms with Crippen LogP contribution < -0.4 is 15.4 Å². The molecule has 0 unspecified atom stereocenters. The first kappa shape index (κ1) is 26.9. The van der Waals surface area contributed by atoms with Crippen LogP contribution in [0.15, 0.2) is 42.5 Å². The summed E-state index contributed by atoms with van der Waals surface area (Å²) in [6.45, 7) is 5.92. The van der Waals surface area contributed by atoms with Crippen LogP contribution in [0, 0.1) is 0 Å². The second kappa shape index (κ2) is 14.0. The van der Waals surface area contributed by atoms with Gasteiger partial charge in [-0.1, -0.05) is 37.0 Å². The van der Waals surface area contributed by atoms with Crippen molar-refractivity contribution in [2.24, 2.45) is 0 Å². The molecule has 0 radical (unpaired) electrons. The number of benzene rings is 2. The first-order chi connectivity index (χ1) is 15.8. The molecule has 0 aliphatic carbocycles. The summed E-state index contributed by atoms with van der Waals surface area (Å²) in [5.74, 6) is 0.316. The maximum atomic E-state index is 12.7. The van der Waals surface area contributed by atoms with E-state index in [1.54, 1.807) is 42.5 Å². The number of hydrogen-bond acceptors (Lipinski definition) is 4. The summed E-state index contributed by atoms with van der Waals surface area (Å²) in [5, 5.41) is 6.75. The average Bonchev–Trinajstić information content (AvgIpc) is 2.77. The van der Waals surface area contributed by atoms with E-state index in [1.807, 2.05) is 4.90 Å². The van der Waals surface area contributed by atoms with Crippen LogP contribution in [0.4, 0.5) is 5.69 Å². The number of halogens is 2. The SMILES string of the molecule is CCCN(CCC)C(=O)c1ccc(NC(=S)NC(=O)CCCOc2ccc(Cl)cc2Cl)cc1. The molecule has 9 heteroatoms. The van der Waals surface area contributed by atoms with E-state index in [1.165, 1.54) is 0 Å². The molecule has 2 aromatic carbocycles. The van der Waals surface area contributed by atoms with Crippen LogP contribution in [-0.4, -0.2) is 41.5 Å². The predicted molar refractivity (Wildman–Crippen MR) is 138 cm³/mol. The van der Waals surface area contributed by atoms with Crippen molar-refractivity contribution in [2.45, 2.75) is 39.5 Å². The molecule has 0 atom stereocenters. The summed E-state index contributed by atoms with van der Waals surface area (Å²) in [6.07, 6.45) is 2.57. The van der Waals surface area contributed by atoms with Gasteiger partial charge in [-0.15, -0.1) is 0 Å². The Hall–Kier alpha value is -2.35. The van der Waals surface area contributed by atoms with Gasteiger partial charge in [-0.3, -0.25) is 9.59 Å². The minimum absolute atomic E-state index is 0.0169. The third-order valence-electron chi connectivity index (χ3n) is 4.62. The molecule has 0 saturated carbocycles. The van der Waals surface area contributed by atoms with E-state index >= 15 is 0 Å². The standard InChI is InChI=1S/C24H29Cl2N3O3S/c1-3-13-29(14-4-2)23(31)17-7-10-19(11-8-17)27-24(33)28-22(30)6-5-15-32-21-12-9-18(25)16-20(21)26/h7-12,16H,3-6,13-15H2,1-2H3,(H2,27,28,30,33). The van der Waals surface area contributed by atoms with Gasteiger partial charge in [-0.05, 0) is 73.9 Å². The lowest BCUT2D eigenvalue weighted by atomic mass is 10.1. The Morgan fingerprint density at radius 2 is 1.70 bits per heavy atom. The Kier molecular flexibility index (Phi) is 11.4. The van der Waals surface area contributed by atoms with Crippen LogP contribution in [0.3, 0.4) is 0 Å². The van der Waals surface area contributed by atoms with Crippen LogP contribution in [0.5, 0.6) is 5.75 Å². The molecule has 33 heavy (non-hydrogen) atoms. The number of rotatable bonds is 11. The highest BCUT2D eigenvalue weighted by Gasteiger charge is 2.14. The number of amides is 2. The van der Waals surface area contributed by atoms with Gasteiger partial charge in [0.15, 0.2) is 5.11 Å². The van der Waals surface area contributed by atoms with Crippen LogP contribution in [0.2, 0.25) is 10.0 Å². The summed E-state index contributed by atoms with van der Waals surface area (Å²) in [4.78, 5) is 26.6. The van der Waals surface area contributed by atoms with Crippen molar-refractivity contribution in [3.05, 3.63) is 58.1 Å². The lowest BCUT2D eigenvalue weighted by molar-refractivity contribution is -0.119. The molecule has 0 bridgehead atoms. The number of carbonyl (C=O) groups is 2. The highest BCUT2D eigenvalue weighted by molar-refractivity contribution is 7.80. The third-order valence-corrected chi connectivity index (χ3v) is 5.35. The molecular weight excluding hydrogens is 481 g/mol. The Bertz CT molecular complexity index is 948. The lowest BCUT2D eigenvalue weighted by Crippen LogP contribution is -2.34. The highest BCUT2D eigenvalue weighted by Crippen LogP contribution is 2.27. The Morgan fingerprint density at radius 3 is 2.30 bits per heavy atom. The summed E-state index contributed by atoms with van der Waals surface area (Å²) < 4.78 is 5.57. The molecule has 0 heterocycles. The summed E-state index contributed by atoms with van der Waals surface area (Å²) in [7, 11) is 0. The number of nitrogens with zero attached hydrogens (tertiary/aromatic N) is 1. The zero-order valence-corrected chi connectivity index (χ0v) is 21.2. The van der Waals surface area contributed by atoms with Crippen molar-refractivity contribution in [3.63, 3.8) is 0 Å². The number of anilines is 1. The van der Waals surface area contributed by atoms with Gasteiger partial charge in [0.1, 0.15) is 5.75 Å². The zero-order valence-electron chi connectivity index (χ0n) is 18.8. The molecule has 0 aliphatic rings. The van der Waals surface area contributed by atoms with Crippen molar-refractivity contribution in [1.82, 2.24) is 10.2 Å². The van der Waals surface area contributed by atoms with Crippen molar-refractivity contribution in [2.75, 3.05) is 25.0 Å². The van der Waals surface area contributed by atoms with Crippen molar-refractivity contribution in [1.29, 1.82) is 0 Å². The van der Waals surface area contributed by atoms with Gasteiger partial charge < -0.3 is 20.3 Å². The third kappa shape index (κ3) is 9.20. The molecule has 178 valence electrons. The molecule has 0 spiro atoms. The quantitative estimate of drug-likeness (QED) is 0.290. The maximum Gasteiger partial charge on any atom is 0.253 e. The van der Waals surface area contributed by atoms with Gasteiger partial charge in [-0.25, -0.2) is 0 Å². The van der Waals surface area contributed by atoms with E-state index in [9.17, 15) is 9.59 Å². The molecule has 2 amide bonds. The predicted octanol–water partition coefficient (Wildman–Crippen LogP) is 5.93. The maximum absolute atomic E-state index is 12.7. The van der Waals surface area contributed by atoms with Crippen molar-refractivity contribution in [3.8, 4) is 5.75 Å². The lowest BCUT2D eigenvalue weighted by Gasteiger charge is -2.21. The topological polar surface area (TPSA) is 70.7 Å². The van der Waals surface area contributed by atoms with Gasteiger partial charge in [0.05, 0.1) is 11.6 Å². The van der Waals surface area contributed by atoms with Crippen LogP contribution in [0.1, 0.15) is 49.9 Å². The molecule has 0 saturated heterocycles. The van der Waals surface area contributed by atoms with Gasteiger partial charge in [0.2, 0.25) is 5.91 Å². The van der Waals surface area contributed by atoms with Gasteiger partial charge in [0.25, 0.3) is 5.91 Å². The fourth-order valence-corrected chi connectivity index (χ4v) is 3.79. The van der Waals surface area contributed by atoms with E-state index in [0.29, 0.717) is 40.1 Å². The number of thiocarbonyl (C=S) groups is 1. The molecule has 0 aromatic heterocycles. The van der Waals surface area contributed by atoms with Crippen LogP contribution >= 0.6 is 35.4 Å².